The van der Waals surface area contributed by atoms with Crippen LogP contribution in [0, 0.1) is 0 Å². The molecular formula is C9H12N2O3. The lowest BCUT2D eigenvalue weighted by Gasteiger charge is -2.19. The number of nitrogens with zero attached hydrogens (tertiary/aromatic N) is 2. The fraction of sp³-hybridized carbons (Fsp3) is 0.333. The molecule has 0 aliphatic carbocycles. The van der Waals surface area contributed by atoms with E-state index in [-0.39, 0.29) is 12.2 Å². The topological polar surface area (TPSA) is 73.7 Å². The summed E-state index contributed by atoms with van der Waals surface area (Å²) in [5, 5.41) is 17.6. The first-order valence-corrected chi connectivity index (χ1v) is 4.16. The van der Waals surface area contributed by atoms with E-state index < -0.39 is 5.97 Å². The predicted octanol–water partition coefficient (Wildman–Crippen LogP) is 0.208. The molecule has 1 rings (SSSR count). The van der Waals surface area contributed by atoms with Crippen molar-refractivity contribution < 1.29 is 15.0 Å². The number of anilines is 1. The number of aromatic carboxylic acids is 1. The van der Waals surface area contributed by atoms with Crippen LogP contribution in [0.15, 0.2) is 18.5 Å². The average Bonchev–Trinajstić information content (AvgIpc) is 2.18. The normalized spacial score (nSPS) is 9.86. The maximum absolute atomic E-state index is 10.8. The van der Waals surface area contributed by atoms with Crippen LogP contribution in [0.4, 0.5) is 5.69 Å². The van der Waals surface area contributed by atoms with Gasteiger partial charge in [0, 0.05) is 26.0 Å². The molecule has 0 spiro atoms. The third-order valence-corrected chi connectivity index (χ3v) is 1.88. The van der Waals surface area contributed by atoms with Gasteiger partial charge in [0.2, 0.25) is 0 Å². The summed E-state index contributed by atoms with van der Waals surface area (Å²) in [7, 11) is 1.72. The van der Waals surface area contributed by atoms with Gasteiger partial charge >= 0.3 is 5.97 Å². The molecule has 1 aromatic heterocycles. The maximum Gasteiger partial charge on any atom is 0.339 e. The molecule has 0 aliphatic heterocycles. The van der Waals surface area contributed by atoms with Gasteiger partial charge < -0.3 is 15.1 Å². The average molecular weight is 196 g/mol. The van der Waals surface area contributed by atoms with Gasteiger partial charge in [-0.2, -0.15) is 0 Å². The molecule has 1 aromatic rings. The number of carboxylic acid groups (broad SMARTS) is 1. The third-order valence-electron chi connectivity index (χ3n) is 1.88. The summed E-state index contributed by atoms with van der Waals surface area (Å²) in [5.74, 6) is -1.02. The fourth-order valence-electron chi connectivity index (χ4n) is 1.16. The molecule has 76 valence electrons. The number of hydrogen-bond donors (Lipinski definition) is 2. The fourth-order valence-corrected chi connectivity index (χ4v) is 1.16. The van der Waals surface area contributed by atoms with E-state index in [4.69, 9.17) is 10.2 Å². The van der Waals surface area contributed by atoms with Crippen LogP contribution in [0.3, 0.4) is 0 Å². The largest absolute Gasteiger partial charge is 0.478 e. The van der Waals surface area contributed by atoms with Crippen molar-refractivity contribution in [3.05, 3.63) is 24.0 Å². The lowest BCUT2D eigenvalue weighted by atomic mass is 10.2. The Hall–Kier alpha value is -1.62. The Morgan fingerprint density at radius 1 is 1.64 bits per heavy atom. The Balaban J connectivity index is 3.00. The number of hydrogen-bond acceptors (Lipinski definition) is 4. The van der Waals surface area contributed by atoms with Gasteiger partial charge in [-0.3, -0.25) is 4.98 Å². The number of likely N-dealkylation sites (N-methyl/N-ethyl adjacent to an activating group) is 1. The molecule has 2 N–H and O–H groups in total. The van der Waals surface area contributed by atoms with Crippen LogP contribution in [-0.4, -0.2) is 41.4 Å². The van der Waals surface area contributed by atoms with E-state index in [2.05, 4.69) is 4.98 Å². The number of aromatic nitrogens is 1. The SMILES string of the molecule is CN(CCO)c1ccncc1C(=O)O. The predicted molar refractivity (Wildman–Crippen MR) is 51.6 cm³/mol. The Morgan fingerprint density at radius 2 is 2.36 bits per heavy atom. The molecule has 0 aromatic carbocycles. The molecule has 0 bridgehead atoms. The van der Waals surface area contributed by atoms with Crippen LogP contribution in [0.1, 0.15) is 10.4 Å². The smallest absolute Gasteiger partial charge is 0.339 e. The van der Waals surface area contributed by atoms with Crippen LogP contribution < -0.4 is 4.90 Å². The number of carboxylic acids is 1. The highest BCUT2D eigenvalue weighted by atomic mass is 16.4. The molecule has 0 aliphatic rings. The molecular weight excluding hydrogens is 184 g/mol. The Labute approximate surface area is 81.6 Å². The molecule has 0 saturated carbocycles. The molecule has 1 heterocycles. The van der Waals surface area contributed by atoms with E-state index in [1.807, 2.05) is 0 Å². The maximum atomic E-state index is 10.8. The quantitative estimate of drug-likeness (QED) is 0.720. The summed E-state index contributed by atoms with van der Waals surface area (Å²) in [6.45, 7) is 0.377. The van der Waals surface area contributed by atoms with Gasteiger partial charge in [-0.05, 0) is 6.07 Å². The second kappa shape index (κ2) is 4.57. The van der Waals surface area contributed by atoms with Crippen molar-refractivity contribution in [3.8, 4) is 0 Å². The molecule has 0 unspecified atom stereocenters. The Kier molecular flexibility index (Phi) is 3.41. The monoisotopic (exact) mass is 196 g/mol. The number of aliphatic hydroxyl groups is 1. The van der Waals surface area contributed by atoms with Gasteiger partial charge in [-0.25, -0.2) is 4.79 Å². The second-order valence-electron chi connectivity index (χ2n) is 2.84. The molecule has 14 heavy (non-hydrogen) atoms. The van der Waals surface area contributed by atoms with Crippen LogP contribution in [-0.2, 0) is 0 Å². The van der Waals surface area contributed by atoms with Crippen LogP contribution in [0.2, 0.25) is 0 Å². The summed E-state index contributed by atoms with van der Waals surface area (Å²) < 4.78 is 0. The minimum atomic E-state index is -1.02. The van der Waals surface area contributed by atoms with Crippen molar-refractivity contribution in [3.63, 3.8) is 0 Å². The lowest BCUT2D eigenvalue weighted by molar-refractivity contribution is 0.0697. The van der Waals surface area contributed by atoms with Crippen molar-refractivity contribution in [2.75, 3.05) is 25.1 Å². The van der Waals surface area contributed by atoms with Gasteiger partial charge in [-0.15, -0.1) is 0 Å². The molecule has 0 atom stereocenters. The first-order valence-electron chi connectivity index (χ1n) is 4.16. The number of carbonyl (C=O) groups is 1. The van der Waals surface area contributed by atoms with Crippen LogP contribution in [0.5, 0.6) is 0 Å². The zero-order valence-electron chi connectivity index (χ0n) is 7.84. The molecule has 0 fully saturated rings. The summed E-state index contributed by atoms with van der Waals surface area (Å²) in [5.41, 5.74) is 0.699. The molecule has 0 radical (unpaired) electrons. The Bertz CT molecular complexity index is 328. The first kappa shape index (κ1) is 10.5. The molecule has 5 nitrogen and oxygen atoms in total. The minimum Gasteiger partial charge on any atom is -0.478 e. The third kappa shape index (κ3) is 2.20. The van der Waals surface area contributed by atoms with E-state index in [9.17, 15) is 4.79 Å². The van der Waals surface area contributed by atoms with Crippen molar-refractivity contribution in [1.82, 2.24) is 4.98 Å². The number of aliphatic hydroxyl groups excluding tert-OH is 1. The summed E-state index contributed by atoms with van der Waals surface area (Å²) >= 11 is 0. The molecule has 0 saturated heterocycles. The van der Waals surface area contributed by atoms with Crippen LogP contribution in [0.25, 0.3) is 0 Å². The standard InChI is InChI=1S/C9H12N2O3/c1-11(4-5-12)8-2-3-10-6-7(8)9(13)14/h2-3,6,12H,4-5H2,1H3,(H,13,14). The minimum absolute atomic E-state index is 0.0160. The zero-order chi connectivity index (χ0) is 10.6. The Morgan fingerprint density at radius 3 is 2.93 bits per heavy atom. The van der Waals surface area contributed by atoms with Crippen molar-refractivity contribution in [2.24, 2.45) is 0 Å². The first-order chi connectivity index (χ1) is 6.66. The molecule has 5 heteroatoms. The van der Waals surface area contributed by atoms with Crippen molar-refractivity contribution in [2.45, 2.75) is 0 Å². The number of rotatable bonds is 4. The van der Waals surface area contributed by atoms with Gasteiger partial charge in [0.1, 0.15) is 5.56 Å². The van der Waals surface area contributed by atoms with Crippen molar-refractivity contribution in [1.29, 1.82) is 0 Å². The van der Waals surface area contributed by atoms with E-state index >= 15 is 0 Å². The zero-order valence-corrected chi connectivity index (χ0v) is 7.84. The van der Waals surface area contributed by atoms with E-state index in [1.165, 1.54) is 12.4 Å². The number of pyridine rings is 1. The van der Waals surface area contributed by atoms with Gasteiger partial charge in [-0.1, -0.05) is 0 Å². The summed E-state index contributed by atoms with van der Waals surface area (Å²) in [4.78, 5) is 16.2. The van der Waals surface area contributed by atoms with Gasteiger partial charge in [0.15, 0.2) is 0 Å². The van der Waals surface area contributed by atoms with E-state index in [1.54, 1.807) is 18.0 Å². The molecule has 0 amide bonds. The van der Waals surface area contributed by atoms with E-state index in [0.29, 0.717) is 12.2 Å². The highest BCUT2D eigenvalue weighted by Gasteiger charge is 2.12. The van der Waals surface area contributed by atoms with Crippen molar-refractivity contribution >= 4 is 11.7 Å². The van der Waals surface area contributed by atoms with Gasteiger partial charge in [0.25, 0.3) is 0 Å². The lowest BCUT2D eigenvalue weighted by Crippen LogP contribution is -2.23. The van der Waals surface area contributed by atoms with Crippen LogP contribution >= 0.6 is 0 Å². The highest BCUT2D eigenvalue weighted by Crippen LogP contribution is 2.17. The summed E-state index contributed by atoms with van der Waals surface area (Å²) in [6, 6.07) is 1.61. The van der Waals surface area contributed by atoms with E-state index in [0.717, 1.165) is 0 Å². The van der Waals surface area contributed by atoms with Gasteiger partial charge in [0.05, 0.1) is 12.3 Å². The highest BCUT2D eigenvalue weighted by molar-refractivity contribution is 5.93. The summed E-state index contributed by atoms with van der Waals surface area (Å²) in [6.07, 6.45) is 2.82. The second-order valence-corrected chi connectivity index (χ2v) is 2.84.